The summed E-state index contributed by atoms with van der Waals surface area (Å²) in [5.41, 5.74) is 2.38. The number of nitrogens with one attached hydrogen (secondary N) is 2. The largest absolute Gasteiger partial charge is 0.465 e. The van der Waals surface area contributed by atoms with Crippen LogP contribution >= 0.6 is 11.6 Å². The SMILES string of the molecule is C[C@H](NC(=O)O)c1cc(-c2ccc(Cl)cc2)n[nH]1. The van der Waals surface area contributed by atoms with E-state index in [1.54, 1.807) is 19.1 Å². The maximum Gasteiger partial charge on any atom is 0.405 e. The van der Waals surface area contributed by atoms with Gasteiger partial charge in [0.1, 0.15) is 0 Å². The third-order valence-electron chi connectivity index (χ3n) is 2.54. The van der Waals surface area contributed by atoms with E-state index >= 15 is 0 Å². The highest BCUT2D eigenvalue weighted by Gasteiger charge is 2.12. The number of benzene rings is 1. The summed E-state index contributed by atoms with van der Waals surface area (Å²) < 4.78 is 0. The zero-order valence-corrected chi connectivity index (χ0v) is 10.4. The molecule has 0 aliphatic carbocycles. The fourth-order valence-electron chi connectivity index (χ4n) is 1.59. The van der Waals surface area contributed by atoms with Crippen LogP contribution in [0.1, 0.15) is 18.7 Å². The molecule has 0 saturated heterocycles. The third-order valence-corrected chi connectivity index (χ3v) is 2.80. The number of amides is 1. The number of rotatable bonds is 3. The Morgan fingerprint density at radius 2 is 2.11 bits per heavy atom. The summed E-state index contributed by atoms with van der Waals surface area (Å²) in [6.07, 6.45) is -1.06. The van der Waals surface area contributed by atoms with Gasteiger partial charge in [-0.2, -0.15) is 5.10 Å². The minimum absolute atomic E-state index is 0.337. The van der Waals surface area contributed by atoms with Gasteiger partial charge >= 0.3 is 6.09 Å². The van der Waals surface area contributed by atoms with Gasteiger partial charge in [0.25, 0.3) is 0 Å². The van der Waals surface area contributed by atoms with Gasteiger partial charge in [-0.1, -0.05) is 23.7 Å². The maximum atomic E-state index is 10.5. The second-order valence-corrected chi connectivity index (χ2v) is 4.32. The number of nitrogens with zero attached hydrogens (tertiary/aromatic N) is 1. The molecule has 0 radical (unpaired) electrons. The van der Waals surface area contributed by atoms with Gasteiger partial charge in [0.05, 0.1) is 17.4 Å². The van der Waals surface area contributed by atoms with Crippen molar-refractivity contribution in [1.82, 2.24) is 15.5 Å². The number of aromatic nitrogens is 2. The summed E-state index contributed by atoms with van der Waals surface area (Å²) in [6.45, 7) is 1.74. The normalized spacial score (nSPS) is 12.1. The van der Waals surface area contributed by atoms with Crippen LogP contribution < -0.4 is 5.32 Å². The summed E-state index contributed by atoms with van der Waals surface area (Å²) in [5, 5.41) is 18.6. The van der Waals surface area contributed by atoms with E-state index in [-0.39, 0.29) is 6.04 Å². The van der Waals surface area contributed by atoms with E-state index in [0.29, 0.717) is 10.7 Å². The van der Waals surface area contributed by atoms with Gasteiger partial charge in [0, 0.05) is 10.6 Å². The summed E-state index contributed by atoms with van der Waals surface area (Å²) >= 11 is 5.81. The van der Waals surface area contributed by atoms with E-state index < -0.39 is 6.09 Å². The average molecular weight is 266 g/mol. The zero-order valence-electron chi connectivity index (χ0n) is 9.64. The summed E-state index contributed by atoms with van der Waals surface area (Å²) in [6, 6.07) is 8.75. The maximum absolute atomic E-state index is 10.5. The lowest BCUT2D eigenvalue weighted by Crippen LogP contribution is -2.24. The van der Waals surface area contributed by atoms with Crippen LogP contribution in [0, 0.1) is 0 Å². The van der Waals surface area contributed by atoms with Crippen LogP contribution in [-0.2, 0) is 0 Å². The van der Waals surface area contributed by atoms with Crippen LogP contribution in [0.2, 0.25) is 5.02 Å². The molecule has 1 heterocycles. The Labute approximate surface area is 109 Å². The Balaban J connectivity index is 2.19. The summed E-state index contributed by atoms with van der Waals surface area (Å²) in [7, 11) is 0. The van der Waals surface area contributed by atoms with Crippen LogP contribution in [0.15, 0.2) is 30.3 Å². The van der Waals surface area contributed by atoms with Crippen LogP contribution in [-0.4, -0.2) is 21.4 Å². The molecule has 3 N–H and O–H groups in total. The van der Waals surface area contributed by atoms with Crippen molar-refractivity contribution in [2.75, 3.05) is 0 Å². The summed E-state index contributed by atoms with van der Waals surface area (Å²) in [5.74, 6) is 0. The topological polar surface area (TPSA) is 78.0 Å². The number of hydrogen-bond donors (Lipinski definition) is 3. The molecule has 0 bridgehead atoms. The van der Waals surface area contributed by atoms with E-state index in [9.17, 15) is 4.79 Å². The molecule has 18 heavy (non-hydrogen) atoms. The van der Waals surface area contributed by atoms with E-state index in [1.807, 2.05) is 18.2 Å². The molecule has 1 aromatic carbocycles. The standard InChI is InChI=1S/C12H12ClN3O2/c1-7(14-12(17)18)10-6-11(16-15-10)8-2-4-9(13)5-3-8/h2-7,14H,1H3,(H,15,16)(H,17,18)/t7-/m0/s1. The molecule has 1 amide bonds. The van der Waals surface area contributed by atoms with E-state index in [0.717, 1.165) is 11.3 Å². The first-order valence-electron chi connectivity index (χ1n) is 5.37. The van der Waals surface area contributed by atoms with Crippen molar-refractivity contribution < 1.29 is 9.90 Å². The predicted molar refractivity (Wildman–Crippen MR) is 68.6 cm³/mol. The molecular formula is C12H12ClN3O2. The second kappa shape index (κ2) is 5.10. The van der Waals surface area contributed by atoms with Crippen molar-refractivity contribution in [1.29, 1.82) is 0 Å². The molecule has 0 aliphatic heterocycles. The minimum atomic E-state index is -1.06. The number of hydrogen-bond acceptors (Lipinski definition) is 2. The molecule has 2 aromatic rings. The van der Waals surface area contributed by atoms with Gasteiger partial charge in [-0.3, -0.25) is 5.10 Å². The van der Waals surface area contributed by atoms with Crippen LogP contribution in [0.3, 0.4) is 0 Å². The molecule has 0 saturated carbocycles. The molecule has 5 nitrogen and oxygen atoms in total. The van der Waals surface area contributed by atoms with Crippen LogP contribution in [0.5, 0.6) is 0 Å². The highest BCUT2D eigenvalue weighted by atomic mass is 35.5. The monoisotopic (exact) mass is 265 g/mol. The van der Waals surface area contributed by atoms with E-state index in [4.69, 9.17) is 16.7 Å². The Kier molecular flexibility index (Phi) is 3.53. The quantitative estimate of drug-likeness (QED) is 0.798. The first kappa shape index (κ1) is 12.4. The van der Waals surface area contributed by atoms with Crippen molar-refractivity contribution in [2.45, 2.75) is 13.0 Å². The van der Waals surface area contributed by atoms with Crippen molar-refractivity contribution in [3.8, 4) is 11.3 Å². The molecular weight excluding hydrogens is 254 g/mol. The molecule has 0 spiro atoms. The van der Waals surface area contributed by atoms with Crippen molar-refractivity contribution in [3.05, 3.63) is 41.0 Å². The van der Waals surface area contributed by atoms with Crippen molar-refractivity contribution >= 4 is 17.7 Å². The highest BCUT2D eigenvalue weighted by Crippen LogP contribution is 2.22. The molecule has 2 rings (SSSR count). The number of halogens is 1. The van der Waals surface area contributed by atoms with Crippen molar-refractivity contribution in [2.24, 2.45) is 0 Å². The Morgan fingerprint density at radius 3 is 2.72 bits per heavy atom. The van der Waals surface area contributed by atoms with Gasteiger partial charge in [-0.15, -0.1) is 0 Å². The molecule has 0 unspecified atom stereocenters. The fourth-order valence-corrected chi connectivity index (χ4v) is 1.72. The van der Waals surface area contributed by atoms with E-state index in [2.05, 4.69) is 15.5 Å². The predicted octanol–water partition coefficient (Wildman–Crippen LogP) is 3.06. The molecule has 0 aliphatic rings. The van der Waals surface area contributed by atoms with Gasteiger partial charge in [-0.25, -0.2) is 4.79 Å². The Morgan fingerprint density at radius 1 is 1.44 bits per heavy atom. The van der Waals surface area contributed by atoms with Gasteiger partial charge in [0.15, 0.2) is 0 Å². The minimum Gasteiger partial charge on any atom is -0.465 e. The molecule has 0 fully saturated rings. The zero-order chi connectivity index (χ0) is 13.1. The second-order valence-electron chi connectivity index (χ2n) is 3.89. The van der Waals surface area contributed by atoms with Crippen LogP contribution in [0.4, 0.5) is 4.79 Å². The van der Waals surface area contributed by atoms with Gasteiger partial charge in [-0.05, 0) is 25.1 Å². The molecule has 94 valence electrons. The lowest BCUT2D eigenvalue weighted by atomic mass is 10.1. The van der Waals surface area contributed by atoms with Crippen LogP contribution in [0.25, 0.3) is 11.3 Å². The lowest BCUT2D eigenvalue weighted by molar-refractivity contribution is 0.190. The highest BCUT2D eigenvalue weighted by molar-refractivity contribution is 6.30. The van der Waals surface area contributed by atoms with Gasteiger partial charge in [0.2, 0.25) is 0 Å². The Hall–Kier alpha value is -2.01. The smallest absolute Gasteiger partial charge is 0.405 e. The number of H-pyrrole nitrogens is 1. The average Bonchev–Trinajstić information content (AvgIpc) is 2.78. The molecule has 1 aromatic heterocycles. The molecule has 6 heteroatoms. The number of aromatic amines is 1. The first-order valence-corrected chi connectivity index (χ1v) is 5.75. The van der Waals surface area contributed by atoms with Gasteiger partial charge < -0.3 is 10.4 Å². The Bertz CT molecular complexity index is 551. The van der Waals surface area contributed by atoms with Crippen molar-refractivity contribution in [3.63, 3.8) is 0 Å². The fraction of sp³-hybridized carbons (Fsp3) is 0.167. The third kappa shape index (κ3) is 2.81. The number of carbonyl (C=O) groups is 1. The summed E-state index contributed by atoms with van der Waals surface area (Å²) in [4.78, 5) is 10.5. The molecule has 1 atom stereocenters. The first-order chi connectivity index (χ1) is 8.56. The lowest BCUT2D eigenvalue weighted by Gasteiger charge is -2.07. The van der Waals surface area contributed by atoms with E-state index in [1.165, 1.54) is 0 Å². The number of carboxylic acid groups (broad SMARTS) is 1.